The zero-order valence-electron chi connectivity index (χ0n) is 14.0. The Balaban J connectivity index is 2.20. The highest BCUT2D eigenvalue weighted by molar-refractivity contribution is 5.93. The van der Waals surface area contributed by atoms with Gasteiger partial charge in [0, 0.05) is 18.9 Å². The summed E-state index contributed by atoms with van der Waals surface area (Å²) < 4.78 is 1.36. The lowest BCUT2D eigenvalue weighted by Gasteiger charge is -2.26. The minimum atomic E-state index is -0.448. The van der Waals surface area contributed by atoms with Crippen molar-refractivity contribution < 1.29 is 9.90 Å². The average Bonchev–Trinajstić information content (AvgIpc) is 2.43. The van der Waals surface area contributed by atoms with Crippen LogP contribution in [0, 0.1) is 12.3 Å². The number of nitrogens with one attached hydrogen (secondary N) is 1. The fourth-order valence-corrected chi connectivity index (χ4v) is 2.62. The molecule has 23 heavy (non-hydrogen) atoms. The third kappa shape index (κ3) is 4.16. The molecule has 2 rings (SSSR count). The van der Waals surface area contributed by atoms with Crippen LogP contribution < -0.4 is 10.9 Å². The molecule has 0 saturated carbocycles. The van der Waals surface area contributed by atoms with Gasteiger partial charge in [-0.05, 0) is 43.4 Å². The Morgan fingerprint density at radius 2 is 2.17 bits per heavy atom. The Labute approximate surface area is 135 Å². The predicted octanol–water partition coefficient (Wildman–Crippen LogP) is 1.53. The Kier molecular flexibility index (Phi) is 4.85. The van der Waals surface area contributed by atoms with Crippen molar-refractivity contribution in [2.45, 2.75) is 40.2 Å². The fourth-order valence-electron chi connectivity index (χ4n) is 2.62. The normalized spacial score (nSPS) is 13.1. The molecular weight excluding hydrogens is 294 g/mol. The molecule has 2 heterocycles. The van der Waals surface area contributed by atoms with Gasteiger partial charge < -0.3 is 10.4 Å². The number of pyridine rings is 1. The first-order valence-electron chi connectivity index (χ1n) is 7.64. The molecule has 0 aliphatic heterocycles. The molecule has 0 fully saturated rings. The van der Waals surface area contributed by atoms with Crippen molar-refractivity contribution in [1.82, 2.24) is 14.7 Å². The van der Waals surface area contributed by atoms with E-state index in [1.165, 1.54) is 10.6 Å². The van der Waals surface area contributed by atoms with E-state index in [-0.39, 0.29) is 16.5 Å². The van der Waals surface area contributed by atoms with Crippen LogP contribution in [0.15, 0.2) is 29.3 Å². The second kappa shape index (κ2) is 6.50. The van der Waals surface area contributed by atoms with Gasteiger partial charge in [-0.1, -0.05) is 13.8 Å². The van der Waals surface area contributed by atoms with Crippen LogP contribution in [-0.4, -0.2) is 33.0 Å². The summed E-state index contributed by atoms with van der Waals surface area (Å²) in [5, 5.41) is 12.2. The number of aryl methyl sites for hydroxylation is 1. The van der Waals surface area contributed by atoms with Crippen LogP contribution >= 0.6 is 0 Å². The monoisotopic (exact) mass is 317 g/mol. The molecule has 124 valence electrons. The first-order valence-corrected chi connectivity index (χ1v) is 7.64. The van der Waals surface area contributed by atoms with E-state index >= 15 is 0 Å². The van der Waals surface area contributed by atoms with Gasteiger partial charge in [-0.2, -0.15) is 0 Å². The summed E-state index contributed by atoms with van der Waals surface area (Å²) >= 11 is 0. The summed E-state index contributed by atoms with van der Waals surface area (Å²) in [5.74, 6) is -0.448. The van der Waals surface area contributed by atoms with Gasteiger partial charge in [-0.25, -0.2) is 4.98 Å². The summed E-state index contributed by atoms with van der Waals surface area (Å²) in [6.07, 6.45) is 3.04. The van der Waals surface area contributed by atoms with E-state index in [4.69, 9.17) is 0 Å². The zero-order valence-corrected chi connectivity index (χ0v) is 14.0. The molecular formula is C17H23N3O3. The third-order valence-corrected chi connectivity index (χ3v) is 3.69. The number of aromatic nitrogens is 2. The van der Waals surface area contributed by atoms with Gasteiger partial charge in [-0.15, -0.1) is 0 Å². The number of amides is 1. The van der Waals surface area contributed by atoms with Crippen LogP contribution in [0.3, 0.4) is 0 Å². The van der Waals surface area contributed by atoms with E-state index in [0.717, 1.165) is 5.56 Å². The van der Waals surface area contributed by atoms with Crippen LogP contribution in [0.25, 0.3) is 5.65 Å². The minimum Gasteiger partial charge on any atom is -0.393 e. The highest BCUT2D eigenvalue weighted by atomic mass is 16.3. The van der Waals surface area contributed by atoms with Crippen LogP contribution in [0.4, 0.5) is 0 Å². The molecule has 0 aliphatic rings. The Morgan fingerprint density at radius 1 is 1.48 bits per heavy atom. The molecule has 2 aromatic heterocycles. The lowest BCUT2D eigenvalue weighted by molar-refractivity contribution is 0.0900. The molecule has 6 heteroatoms. The van der Waals surface area contributed by atoms with E-state index in [0.29, 0.717) is 18.6 Å². The van der Waals surface area contributed by atoms with Gasteiger partial charge in [0.25, 0.3) is 11.5 Å². The molecule has 2 aromatic rings. The number of aliphatic hydroxyl groups excluding tert-OH is 1. The van der Waals surface area contributed by atoms with Crippen molar-refractivity contribution in [1.29, 1.82) is 0 Å². The van der Waals surface area contributed by atoms with Crippen LogP contribution in [-0.2, 0) is 0 Å². The van der Waals surface area contributed by atoms with Crippen molar-refractivity contribution >= 4 is 11.6 Å². The summed E-state index contributed by atoms with van der Waals surface area (Å²) in [5.41, 5.74) is 0.872. The zero-order chi connectivity index (χ0) is 17.2. The van der Waals surface area contributed by atoms with E-state index in [1.807, 2.05) is 20.8 Å². The van der Waals surface area contributed by atoms with Crippen LogP contribution in [0.1, 0.15) is 43.1 Å². The van der Waals surface area contributed by atoms with Crippen LogP contribution in [0.2, 0.25) is 0 Å². The molecule has 0 aromatic carbocycles. The topological polar surface area (TPSA) is 83.7 Å². The molecule has 6 nitrogen and oxygen atoms in total. The highest BCUT2D eigenvalue weighted by Crippen LogP contribution is 2.21. The van der Waals surface area contributed by atoms with Gasteiger partial charge in [0.05, 0.1) is 6.10 Å². The third-order valence-electron chi connectivity index (χ3n) is 3.69. The molecule has 0 aliphatic carbocycles. The van der Waals surface area contributed by atoms with Gasteiger partial charge >= 0.3 is 0 Å². The number of carbonyl (C=O) groups is 1. The van der Waals surface area contributed by atoms with Gasteiger partial charge in [-0.3, -0.25) is 14.0 Å². The number of carbonyl (C=O) groups excluding carboxylic acids is 1. The molecule has 2 N–H and O–H groups in total. The summed E-state index contributed by atoms with van der Waals surface area (Å²) in [4.78, 5) is 28.9. The Morgan fingerprint density at radius 3 is 2.83 bits per heavy atom. The first kappa shape index (κ1) is 17.1. The molecule has 1 atom stereocenters. The number of aliphatic hydroxyl groups is 1. The van der Waals surface area contributed by atoms with Crippen molar-refractivity contribution in [3.05, 3.63) is 46.0 Å². The molecule has 1 amide bonds. The molecule has 0 spiro atoms. The van der Waals surface area contributed by atoms with Gasteiger partial charge in [0.1, 0.15) is 11.2 Å². The van der Waals surface area contributed by atoms with Crippen molar-refractivity contribution in [3.8, 4) is 0 Å². The molecule has 1 unspecified atom stereocenters. The molecule has 0 bridgehead atoms. The number of hydrogen-bond donors (Lipinski definition) is 2. The maximum absolute atomic E-state index is 12.4. The summed E-state index contributed by atoms with van der Waals surface area (Å²) in [6, 6.07) is 3.58. The molecule has 0 saturated heterocycles. The number of rotatable bonds is 5. The quantitative estimate of drug-likeness (QED) is 0.876. The Hall–Kier alpha value is -2.21. The van der Waals surface area contributed by atoms with E-state index in [1.54, 1.807) is 25.3 Å². The molecule has 0 radical (unpaired) electrons. The first-order chi connectivity index (χ1) is 10.7. The SMILES string of the molecule is Cc1ccn2c(=O)c(C(=O)NCC(C)(C)CC(C)O)cnc2c1. The number of fused-ring (bicyclic) bond motifs is 1. The standard InChI is InChI=1S/C17H23N3O3/c1-11-5-6-20-14(7-11)18-9-13(16(20)23)15(22)19-10-17(3,4)8-12(2)21/h5-7,9,12,21H,8,10H2,1-4H3,(H,19,22). The van der Waals surface area contributed by atoms with Crippen molar-refractivity contribution in [3.63, 3.8) is 0 Å². The minimum absolute atomic E-state index is 0.0131. The largest absolute Gasteiger partial charge is 0.393 e. The summed E-state index contributed by atoms with van der Waals surface area (Å²) in [7, 11) is 0. The van der Waals surface area contributed by atoms with Gasteiger partial charge in [0.2, 0.25) is 0 Å². The number of hydrogen-bond acceptors (Lipinski definition) is 4. The lowest BCUT2D eigenvalue weighted by atomic mass is 9.87. The number of nitrogens with zero attached hydrogens (tertiary/aromatic N) is 2. The van der Waals surface area contributed by atoms with Crippen molar-refractivity contribution in [2.24, 2.45) is 5.41 Å². The predicted molar refractivity (Wildman–Crippen MR) is 88.6 cm³/mol. The second-order valence-electron chi connectivity index (χ2n) is 6.81. The second-order valence-corrected chi connectivity index (χ2v) is 6.81. The maximum Gasteiger partial charge on any atom is 0.270 e. The van der Waals surface area contributed by atoms with E-state index in [9.17, 15) is 14.7 Å². The fraction of sp³-hybridized carbons (Fsp3) is 0.471. The van der Waals surface area contributed by atoms with E-state index in [2.05, 4.69) is 10.3 Å². The van der Waals surface area contributed by atoms with Crippen molar-refractivity contribution in [2.75, 3.05) is 6.54 Å². The highest BCUT2D eigenvalue weighted by Gasteiger charge is 2.22. The van der Waals surface area contributed by atoms with Crippen LogP contribution in [0.5, 0.6) is 0 Å². The maximum atomic E-state index is 12.4. The smallest absolute Gasteiger partial charge is 0.270 e. The average molecular weight is 317 g/mol. The van der Waals surface area contributed by atoms with E-state index < -0.39 is 12.0 Å². The summed E-state index contributed by atoms with van der Waals surface area (Å²) in [6.45, 7) is 7.90. The Bertz CT molecular complexity index is 778. The van der Waals surface area contributed by atoms with Gasteiger partial charge in [0.15, 0.2) is 0 Å². The lowest BCUT2D eigenvalue weighted by Crippen LogP contribution is -2.38.